The molecule has 0 radical (unpaired) electrons. The van der Waals surface area contributed by atoms with Crippen LogP contribution in [0.2, 0.25) is 5.02 Å². The SMILES string of the molecule is Cc1cc(Cl)cc2sc(N(CCN(C)C)C(=O)C3CCN(S(=O)(=O)c4cccs4)CC3)nc12. The van der Waals surface area contributed by atoms with E-state index in [4.69, 9.17) is 16.6 Å². The van der Waals surface area contributed by atoms with Crippen molar-refractivity contribution in [1.82, 2.24) is 14.2 Å². The molecule has 1 aliphatic rings. The monoisotopic (exact) mass is 526 g/mol. The highest BCUT2D eigenvalue weighted by Gasteiger charge is 2.35. The second kappa shape index (κ2) is 9.97. The molecular formula is C22H27ClN4O3S3. The van der Waals surface area contributed by atoms with E-state index in [9.17, 15) is 13.2 Å². The van der Waals surface area contributed by atoms with Crippen molar-refractivity contribution in [2.75, 3.05) is 45.2 Å². The molecule has 178 valence electrons. The molecular weight excluding hydrogens is 500 g/mol. The second-order valence-corrected chi connectivity index (χ2v) is 13.0. The number of thiazole rings is 1. The van der Waals surface area contributed by atoms with Gasteiger partial charge in [0.2, 0.25) is 5.91 Å². The Morgan fingerprint density at radius 2 is 1.97 bits per heavy atom. The fourth-order valence-corrected chi connectivity index (χ4v) is 8.03. The van der Waals surface area contributed by atoms with Gasteiger partial charge >= 0.3 is 0 Å². The molecule has 33 heavy (non-hydrogen) atoms. The van der Waals surface area contributed by atoms with E-state index >= 15 is 0 Å². The summed E-state index contributed by atoms with van der Waals surface area (Å²) in [4.78, 5) is 22.2. The summed E-state index contributed by atoms with van der Waals surface area (Å²) in [5.41, 5.74) is 1.84. The lowest BCUT2D eigenvalue weighted by Crippen LogP contribution is -2.45. The van der Waals surface area contributed by atoms with Crippen LogP contribution in [0.25, 0.3) is 10.2 Å². The first-order valence-electron chi connectivity index (χ1n) is 10.7. The molecule has 0 saturated carbocycles. The van der Waals surface area contributed by atoms with Crippen LogP contribution in [0, 0.1) is 12.8 Å². The van der Waals surface area contributed by atoms with E-state index < -0.39 is 10.0 Å². The molecule has 0 bridgehead atoms. The zero-order valence-corrected chi connectivity index (χ0v) is 22.0. The molecule has 3 heterocycles. The molecule has 1 fully saturated rings. The maximum Gasteiger partial charge on any atom is 0.252 e. The van der Waals surface area contributed by atoms with Crippen molar-refractivity contribution in [3.63, 3.8) is 0 Å². The molecule has 1 aromatic carbocycles. The molecule has 1 aliphatic heterocycles. The molecule has 7 nitrogen and oxygen atoms in total. The second-order valence-electron chi connectivity index (χ2n) is 8.47. The number of amides is 1. The summed E-state index contributed by atoms with van der Waals surface area (Å²) >= 11 is 8.91. The number of aromatic nitrogens is 1. The average molecular weight is 527 g/mol. The molecule has 11 heteroatoms. The summed E-state index contributed by atoms with van der Waals surface area (Å²) in [5, 5.41) is 3.08. The molecule has 1 amide bonds. The van der Waals surface area contributed by atoms with Crippen LogP contribution < -0.4 is 4.90 Å². The fraction of sp³-hybridized carbons (Fsp3) is 0.455. The number of sulfonamides is 1. The van der Waals surface area contributed by atoms with Crippen molar-refractivity contribution in [2.45, 2.75) is 24.0 Å². The summed E-state index contributed by atoms with van der Waals surface area (Å²) in [6.07, 6.45) is 0.995. The van der Waals surface area contributed by atoms with Gasteiger partial charge in [0, 0.05) is 37.1 Å². The van der Waals surface area contributed by atoms with Gasteiger partial charge in [-0.1, -0.05) is 29.0 Å². The number of likely N-dealkylation sites (N-methyl/N-ethyl adjacent to an activating group) is 1. The minimum Gasteiger partial charge on any atom is -0.308 e. The largest absolute Gasteiger partial charge is 0.308 e. The van der Waals surface area contributed by atoms with Crippen LogP contribution in [0.1, 0.15) is 18.4 Å². The lowest BCUT2D eigenvalue weighted by atomic mass is 9.96. The highest BCUT2D eigenvalue weighted by atomic mass is 35.5. The van der Waals surface area contributed by atoms with E-state index in [2.05, 4.69) is 0 Å². The van der Waals surface area contributed by atoms with E-state index in [1.54, 1.807) is 22.4 Å². The number of carbonyl (C=O) groups is 1. The Kier molecular flexibility index (Phi) is 7.42. The number of aryl methyl sites for hydroxylation is 1. The van der Waals surface area contributed by atoms with Crippen LogP contribution in [0.4, 0.5) is 5.13 Å². The van der Waals surface area contributed by atoms with Gasteiger partial charge in [-0.25, -0.2) is 13.4 Å². The summed E-state index contributed by atoms with van der Waals surface area (Å²) in [5.74, 6) is -0.230. The third kappa shape index (κ3) is 5.26. The Labute approximate surface area is 207 Å². The lowest BCUT2D eigenvalue weighted by Gasteiger charge is -2.33. The van der Waals surface area contributed by atoms with Crippen LogP contribution >= 0.6 is 34.3 Å². The third-order valence-corrected chi connectivity index (χ3v) is 10.3. The Balaban J connectivity index is 1.54. The van der Waals surface area contributed by atoms with Crippen molar-refractivity contribution in [1.29, 1.82) is 0 Å². The third-order valence-electron chi connectivity index (χ3n) is 5.80. The van der Waals surface area contributed by atoms with Crippen LogP contribution in [0.5, 0.6) is 0 Å². The smallest absolute Gasteiger partial charge is 0.252 e. The maximum atomic E-state index is 13.6. The van der Waals surface area contributed by atoms with Gasteiger partial charge in [0.05, 0.1) is 10.2 Å². The molecule has 0 N–H and O–H groups in total. The van der Waals surface area contributed by atoms with Crippen molar-refractivity contribution >= 4 is 65.6 Å². The predicted molar refractivity (Wildman–Crippen MR) is 136 cm³/mol. The molecule has 4 rings (SSSR count). The summed E-state index contributed by atoms with van der Waals surface area (Å²) < 4.78 is 28.5. The Morgan fingerprint density at radius 3 is 2.61 bits per heavy atom. The van der Waals surface area contributed by atoms with Gasteiger partial charge in [-0.05, 0) is 63.0 Å². The van der Waals surface area contributed by atoms with Gasteiger partial charge in [-0.15, -0.1) is 11.3 Å². The van der Waals surface area contributed by atoms with Crippen LogP contribution in [-0.2, 0) is 14.8 Å². The Hall–Kier alpha value is -1.56. The van der Waals surface area contributed by atoms with Crippen LogP contribution in [-0.4, -0.2) is 68.8 Å². The number of halogens is 1. The standard InChI is InChI=1S/C22H27ClN4O3S3/c1-15-13-17(23)14-18-20(15)24-22(32-18)27(11-10-25(2)3)21(28)16-6-8-26(9-7-16)33(29,30)19-5-4-12-31-19/h4-5,12-14,16H,6-11H2,1-3H3. The fourth-order valence-electron chi connectivity index (χ4n) is 3.96. The van der Waals surface area contributed by atoms with Crippen molar-refractivity contribution in [3.8, 4) is 0 Å². The van der Waals surface area contributed by atoms with Gasteiger partial charge in [0.1, 0.15) is 4.21 Å². The number of thiophene rings is 1. The van der Waals surface area contributed by atoms with E-state index in [0.717, 1.165) is 15.8 Å². The topological polar surface area (TPSA) is 73.8 Å². The molecule has 0 spiro atoms. The number of hydrogen-bond acceptors (Lipinski definition) is 7. The van der Waals surface area contributed by atoms with E-state index in [-0.39, 0.29) is 11.8 Å². The molecule has 0 unspecified atom stereocenters. The molecule has 0 atom stereocenters. The molecule has 1 saturated heterocycles. The van der Waals surface area contributed by atoms with E-state index in [1.165, 1.54) is 27.0 Å². The minimum absolute atomic E-state index is 0.00725. The predicted octanol–water partition coefficient (Wildman–Crippen LogP) is 4.32. The molecule has 3 aromatic rings. The van der Waals surface area contributed by atoms with Gasteiger partial charge in [-0.2, -0.15) is 4.31 Å². The Morgan fingerprint density at radius 1 is 1.24 bits per heavy atom. The normalized spacial score (nSPS) is 16.0. The Bertz CT molecular complexity index is 1230. The first-order valence-corrected chi connectivity index (χ1v) is 14.2. The number of piperidine rings is 1. The van der Waals surface area contributed by atoms with E-state index in [1.807, 2.05) is 38.1 Å². The summed E-state index contributed by atoms with van der Waals surface area (Å²) in [7, 11) is 0.452. The van der Waals surface area contributed by atoms with E-state index in [0.29, 0.717) is 53.4 Å². The van der Waals surface area contributed by atoms with Gasteiger partial charge in [0.15, 0.2) is 5.13 Å². The van der Waals surface area contributed by atoms with Crippen molar-refractivity contribution < 1.29 is 13.2 Å². The van der Waals surface area contributed by atoms with Crippen LogP contribution in [0.15, 0.2) is 33.9 Å². The first kappa shape index (κ1) is 24.6. The van der Waals surface area contributed by atoms with Gasteiger partial charge in [0.25, 0.3) is 10.0 Å². The van der Waals surface area contributed by atoms with Gasteiger partial charge < -0.3 is 4.90 Å². The number of fused-ring (bicyclic) bond motifs is 1. The van der Waals surface area contributed by atoms with Gasteiger partial charge in [-0.3, -0.25) is 9.69 Å². The number of nitrogens with zero attached hydrogens (tertiary/aromatic N) is 4. The quantitative estimate of drug-likeness (QED) is 0.458. The highest BCUT2D eigenvalue weighted by molar-refractivity contribution is 7.91. The number of carbonyl (C=O) groups excluding carboxylic acids is 1. The zero-order chi connectivity index (χ0) is 23.8. The van der Waals surface area contributed by atoms with Crippen molar-refractivity contribution in [3.05, 3.63) is 40.2 Å². The zero-order valence-electron chi connectivity index (χ0n) is 18.8. The molecule has 0 aliphatic carbocycles. The number of anilines is 1. The average Bonchev–Trinajstić information content (AvgIpc) is 3.44. The summed E-state index contributed by atoms with van der Waals surface area (Å²) in [6.45, 7) is 3.87. The maximum absolute atomic E-state index is 13.6. The number of hydrogen-bond donors (Lipinski definition) is 0. The summed E-state index contributed by atoms with van der Waals surface area (Å²) in [6, 6.07) is 7.13. The minimum atomic E-state index is -3.49. The van der Waals surface area contributed by atoms with Crippen LogP contribution in [0.3, 0.4) is 0 Å². The molecule has 2 aromatic heterocycles. The number of rotatable bonds is 7. The van der Waals surface area contributed by atoms with Crippen molar-refractivity contribution in [2.24, 2.45) is 5.92 Å². The number of benzene rings is 1. The lowest BCUT2D eigenvalue weighted by molar-refractivity contribution is -0.123. The highest BCUT2D eigenvalue weighted by Crippen LogP contribution is 2.35. The first-order chi connectivity index (χ1) is 15.7.